The van der Waals surface area contributed by atoms with Gasteiger partial charge in [-0.1, -0.05) is 41.5 Å². The van der Waals surface area contributed by atoms with Crippen molar-refractivity contribution in [3.63, 3.8) is 0 Å². The lowest BCUT2D eigenvalue weighted by Crippen LogP contribution is -2.07. The third-order valence-electron chi connectivity index (χ3n) is 3.17. The number of aryl methyl sites for hydroxylation is 1. The molecule has 0 unspecified atom stereocenters. The van der Waals surface area contributed by atoms with Gasteiger partial charge < -0.3 is 0 Å². The zero-order valence-corrected chi connectivity index (χ0v) is 13.6. The van der Waals surface area contributed by atoms with Gasteiger partial charge in [0.15, 0.2) is 9.84 Å². The van der Waals surface area contributed by atoms with Gasteiger partial charge in [-0.15, -0.1) is 0 Å². The van der Waals surface area contributed by atoms with Gasteiger partial charge >= 0.3 is 0 Å². The molecule has 3 heteroatoms. The molecule has 0 N–H and O–H groups in total. The molecular formula is C17H24O2S. The van der Waals surface area contributed by atoms with Crippen LogP contribution in [0.25, 0.3) is 0 Å². The second-order valence-corrected chi connectivity index (χ2v) is 7.42. The molecule has 110 valence electrons. The van der Waals surface area contributed by atoms with Gasteiger partial charge in [-0.3, -0.25) is 0 Å². The minimum absolute atomic E-state index is 0.0819. The molecule has 0 saturated heterocycles. The largest absolute Gasteiger partial charge is 0.223 e. The van der Waals surface area contributed by atoms with Crippen LogP contribution in [0, 0.1) is 6.92 Å². The highest BCUT2D eigenvalue weighted by molar-refractivity contribution is 7.91. The Labute approximate surface area is 123 Å². The predicted octanol–water partition coefficient (Wildman–Crippen LogP) is 4.46. The maximum absolute atomic E-state index is 12.3. The van der Waals surface area contributed by atoms with Crippen LogP contribution in [0.15, 0.2) is 52.5 Å². The number of hydrogen-bond acceptors (Lipinski definition) is 2. The summed E-state index contributed by atoms with van der Waals surface area (Å²) in [7, 11) is -3.22. The van der Waals surface area contributed by atoms with Crippen LogP contribution in [0.2, 0.25) is 0 Å². The zero-order chi connectivity index (χ0) is 15.2. The molecule has 0 fully saturated rings. The molecule has 1 aromatic carbocycles. The predicted molar refractivity (Wildman–Crippen MR) is 85.7 cm³/mol. The number of benzene rings is 1. The minimum Gasteiger partial charge on any atom is -0.223 e. The summed E-state index contributed by atoms with van der Waals surface area (Å²) in [5.74, 6) is 0.0819. The van der Waals surface area contributed by atoms with E-state index in [1.807, 2.05) is 32.1 Å². The second-order valence-electron chi connectivity index (χ2n) is 5.42. The molecule has 0 spiro atoms. The molecule has 0 amide bonds. The Morgan fingerprint density at radius 1 is 1.10 bits per heavy atom. The minimum atomic E-state index is -3.22. The molecule has 0 aliphatic carbocycles. The number of rotatable bonds is 6. The van der Waals surface area contributed by atoms with E-state index in [1.165, 1.54) is 5.57 Å². The van der Waals surface area contributed by atoms with Gasteiger partial charge in [-0.25, -0.2) is 8.42 Å². The van der Waals surface area contributed by atoms with Gasteiger partial charge in [0.05, 0.1) is 10.6 Å². The monoisotopic (exact) mass is 292 g/mol. The summed E-state index contributed by atoms with van der Waals surface area (Å²) in [6.07, 6.45) is 5.89. The Balaban J connectivity index is 2.73. The fourth-order valence-corrected chi connectivity index (χ4v) is 3.47. The highest BCUT2D eigenvalue weighted by Gasteiger charge is 2.14. The maximum atomic E-state index is 12.3. The summed E-state index contributed by atoms with van der Waals surface area (Å²) < 4.78 is 24.6. The van der Waals surface area contributed by atoms with Crippen molar-refractivity contribution < 1.29 is 8.42 Å². The molecule has 0 bridgehead atoms. The lowest BCUT2D eigenvalue weighted by Gasteiger charge is -2.06. The third kappa shape index (κ3) is 5.33. The van der Waals surface area contributed by atoms with Gasteiger partial charge in [0, 0.05) is 0 Å². The summed E-state index contributed by atoms with van der Waals surface area (Å²) >= 11 is 0. The van der Waals surface area contributed by atoms with Crippen molar-refractivity contribution in [3.05, 3.63) is 53.1 Å². The summed E-state index contributed by atoms with van der Waals surface area (Å²) in [5.41, 5.74) is 3.23. The zero-order valence-electron chi connectivity index (χ0n) is 12.8. The van der Waals surface area contributed by atoms with Crippen LogP contribution in [0.4, 0.5) is 0 Å². The first kappa shape index (κ1) is 16.7. The van der Waals surface area contributed by atoms with E-state index in [9.17, 15) is 8.42 Å². The molecule has 0 saturated carbocycles. The van der Waals surface area contributed by atoms with Crippen molar-refractivity contribution in [1.82, 2.24) is 0 Å². The van der Waals surface area contributed by atoms with Crippen LogP contribution in [0.3, 0.4) is 0 Å². The first-order chi connectivity index (χ1) is 9.33. The maximum Gasteiger partial charge on any atom is 0.182 e. The van der Waals surface area contributed by atoms with Crippen LogP contribution in [-0.2, 0) is 9.84 Å². The van der Waals surface area contributed by atoms with Crippen LogP contribution in [-0.4, -0.2) is 14.2 Å². The molecule has 1 aromatic rings. The quantitative estimate of drug-likeness (QED) is 0.725. The first-order valence-electron chi connectivity index (χ1n) is 6.90. The van der Waals surface area contributed by atoms with Crippen molar-refractivity contribution in [2.24, 2.45) is 0 Å². The highest BCUT2D eigenvalue weighted by Crippen LogP contribution is 2.17. The van der Waals surface area contributed by atoms with Gasteiger partial charge in [0.2, 0.25) is 0 Å². The van der Waals surface area contributed by atoms with Crippen LogP contribution in [0.1, 0.15) is 39.2 Å². The number of allylic oxidation sites excluding steroid dienone is 3. The van der Waals surface area contributed by atoms with E-state index in [0.717, 1.165) is 24.0 Å². The van der Waals surface area contributed by atoms with Crippen molar-refractivity contribution in [2.75, 3.05) is 5.75 Å². The Kier molecular flexibility index (Phi) is 6.21. The fraction of sp³-hybridized carbons (Fsp3) is 0.412. The van der Waals surface area contributed by atoms with Crippen molar-refractivity contribution in [3.8, 4) is 0 Å². The van der Waals surface area contributed by atoms with Gasteiger partial charge in [-0.05, 0) is 52.2 Å². The summed E-state index contributed by atoms with van der Waals surface area (Å²) in [5, 5.41) is 0. The molecular weight excluding hydrogens is 268 g/mol. The highest BCUT2D eigenvalue weighted by atomic mass is 32.2. The Bertz CT molecular complexity index is 604. The molecule has 2 nitrogen and oxygen atoms in total. The SMILES string of the molecule is CC(C)=CCC/C(C)=C/CS(=O)(=O)c1ccccc1C. The fourth-order valence-electron chi connectivity index (χ4n) is 1.94. The Morgan fingerprint density at radius 2 is 1.75 bits per heavy atom. The Morgan fingerprint density at radius 3 is 2.35 bits per heavy atom. The summed E-state index contributed by atoms with van der Waals surface area (Å²) in [6, 6.07) is 7.13. The molecule has 0 aromatic heterocycles. The molecule has 0 heterocycles. The standard InChI is InChI=1S/C17H24O2S/c1-14(2)8-7-9-15(3)12-13-20(18,19)17-11-6-5-10-16(17)4/h5-6,8,10-12H,7,9,13H2,1-4H3/b15-12+. The average molecular weight is 292 g/mol. The second kappa shape index (κ2) is 7.44. The summed E-state index contributed by atoms with van der Waals surface area (Å²) in [6.45, 7) is 7.97. The van der Waals surface area contributed by atoms with Gasteiger partial charge in [0.25, 0.3) is 0 Å². The topological polar surface area (TPSA) is 34.1 Å². The van der Waals surface area contributed by atoms with E-state index in [1.54, 1.807) is 12.1 Å². The smallest absolute Gasteiger partial charge is 0.182 e. The van der Waals surface area contributed by atoms with E-state index in [4.69, 9.17) is 0 Å². The van der Waals surface area contributed by atoms with E-state index >= 15 is 0 Å². The molecule has 0 aliphatic rings. The van der Waals surface area contributed by atoms with Gasteiger partial charge in [-0.2, -0.15) is 0 Å². The van der Waals surface area contributed by atoms with Crippen LogP contribution in [0.5, 0.6) is 0 Å². The third-order valence-corrected chi connectivity index (χ3v) is 4.90. The molecule has 1 rings (SSSR count). The average Bonchev–Trinajstić information content (AvgIpc) is 2.36. The van der Waals surface area contributed by atoms with E-state index < -0.39 is 9.84 Å². The normalized spacial score (nSPS) is 12.3. The molecule has 20 heavy (non-hydrogen) atoms. The Hall–Kier alpha value is -1.35. The van der Waals surface area contributed by atoms with Crippen LogP contribution < -0.4 is 0 Å². The molecule has 0 aliphatic heterocycles. The van der Waals surface area contributed by atoms with Gasteiger partial charge in [0.1, 0.15) is 0 Å². The van der Waals surface area contributed by atoms with E-state index in [2.05, 4.69) is 19.9 Å². The van der Waals surface area contributed by atoms with Crippen molar-refractivity contribution >= 4 is 9.84 Å². The lowest BCUT2D eigenvalue weighted by atomic mass is 10.1. The van der Waals surface area contributed by atoms with Crippen LogP contribution >= 0.6 is 0 Å². The number of sulfone groups is 1. The first-order valence-corrected chi connectivity index (χ1v) is 8.55. The number of hydrogen-bond donors (Lipinski definition) is 0. The van der Waals surface area contributed by atoms with Crippen molar-refractivity contribution in [1.29, 1.82) is 0 Å². The molecule has 0 radical (unpaired) electrons. The summed E-state index contributed by atoms with van der Waals surface area (Å²) in [4.78, 5) is 0.438. The van der Waals surface area contributed by atoms with Crippen molar-refractivity contribution in [2.45, 2.75) is 45.4 Å². The lowest BCUT2D eigenvalue weighted by molar-refractivity contribution is 0.598. The van der Waals surface area contributed by atoms with E-state index in [0.29, 0.717) is 4.90 Å². The van der Waals surface area contributed by atoms with E-state index in [-0.39, 0.29) is 5.75 Å². The molecule has 0 atom stereocenters.